The maximum Gasteiger partial charge on any atom is 0.252 e. The highest BCUT2D eigenvalue weighted by atomic mass is 16.5. The number of ether oxygens (including phenoxy) is 1. The Balaban J connectivity index is 2.11. The molecule has 2 aromatic rings. The predicted octanol–water partition coefficient (Wildman–Crippen LogP) is 1.74. The number of phenols is 1. The van der Waals surface area contributed by atoms with Crippen LogP contribution < -0.4 is 16.2 Å². The Hall–Kier alpha value is -2.57. The molecule has 3 atom stereocenters. The molecule has 3 unspecified atom stereocenters. The van der Waals surface area contributed by atoms with Gasteiger partial charge in [0.15, 0.2) is 0 Å². The number of aliphatic hydroxyl groups is 1. The van der Waals surface area contributed by atoms with E-state index in [1.807, 2.05) is 31.2 Å². The van der Waals surface area contributed by atoms with Gasteiger partial charge in [0.2, 0.25) is 0 Å². The first-order valence-electron chi connectivity index (χ1n) is 8.02. The van der Waals surface area contributed by atoms with Gasteiger partial charge in [0.1, 0.15) is 11.5 Å². The molecule has 6 N–H and O–H groups in total. The summed E-state index contributed by atoms with van der Waals surface area (Å²) < 4.78 is 5.13. The van der Waals surface area contributed by atoms with Gasteiger partial charge >= 0.3 is 0 Å². The van der Waals surface area contributed by atoms with E-state index in [-0.39, 0.29) is 17.2 Å². The molecule has 0 fully saturated rings. The highest BCUT2D eigenvalue weighted by Crippen LogP contribution is 2.27. The molecular weight excluding hydrogens is 320 g/mol. The first-order chi connectivity index (χ1) is 11.8. The van der Waals surface area contributed by atoms with Gasteiger partial charge < -0.3 is 26.4 Å². The van der Waals surface area contributed by atoms with E-state index in [9.17, 15) is 15.0 Å². The molecule has 0 saturated heterocycles. The second kappa shape index (κ2) is 8.00. The number of methoxy groups -OCH3 is 1. The first kappa shape index (κ1) is 18.8. The fourth-order valence-corrected chi connectivity index (χ4v) is 2.74. The van der Waals surface area contributed by atoms with Crippen LogP contribution in [0.5, 0.6) is 11.5 Å². The zero-order chi connectivity index (χ0) is 18.6. The number of hydrogen-bond donors (Lipinski definition) is 4. The van der Waals surface area contributed by atoms with Crippen molar-refractivity contribution in [1.29, 1.82) is 0 Å². The molecule has 0 bridgehead atoms. The predicted molar refractivity (Wildman–Crippen MR) is 95.4 cm³/mol. The second-order valence-electron chi connectivity index (χ2n) is 6.19. The van der Waals surface area contributed by atoms with Crippen molar-refractivity contribution in [2.24, 2.45) is 17.4 Å². The van der Waals surface area contributed by atoms with E-state index in [0.29, 0.717) is 12.0 Å². The summed E-state index contributed by atoms with van der Waals surface area (Å²) in [5, 5.41) is 20.2. The average molecular weight is 344 g/mol. The molecule has 0 spiro atoms. The number of nitrogens with two attached hydrogens (primary N) is 2. The summed E-state index contributed by atoms with van der Waals surface area (Å²) in [5.41, 5.74) is 12.9. The van der Waals surface area contributed by atoms with Crippen molar-refractivity contribution in [3.8, 4) is 11.5 Å². The molecule has 1 amide bonds. The molecule has 25 heavy (non-hydrogen) atoms. The van der Waals surface area contributed by atoms with Crippen LogP contribution >= 0.6 is 0 Å². The van der Waals surface area contributed by atoms with Crippen molar-refractivity contribution in [3.05, 3.63) is 59.2 Å². The van der Waals surface area contributed by atoms with E-state index in [1.54, 1.807) is 7.11 Å². The topological polar surface area (TPSA) is 119 Å². The zero-order valence-corrected chi connectivity index (χ0v) is 14.3. The summed E-state index contributed by atoms with van der Waals surface area (Å²) in [5.74, 6) is -0.215. The van der Waals surface area contributed by atoms with Crippen molar-refractivity contribution >= 4 is 5.91 Å². The lowest BCUT2D eigenvalue weighted by Gasteiger charge is -2.26. The van der Waals surface area contributed by atoms with E-state index in [1.165, 1.54) is 18.2 Å². The Bertz CT molecular complexity index is 731. The van der Waals surface area contributed by atoms with Crippen molar-refractivity contribution in [3.63, 3.8) is 0 Å². The number of carbonyl (C=O) groups is 1. The third-order valence-corrected chi connectivity index (χ3v) is 4.37. The lowest BCUT2D eigenvalue weighted by Crippen LogP contribution is -2.36. The van der Waals surface area contributed by atoms with Crippen molar-refractivity contribution in [2.45, 2.75) is 25.5 Å². The van der Waals surface area contributed by atoms with E-state index < -0.39 is 18.1 Å². The highest BCUT2D eigenvalue weighted by molar-refractivity contribution is 5.95. The minimum absolute atomic E-state index is 0.0192. The molecule has 0 saturated carbocycles. The third kappa shape index (κ3) is 4.49. The quantitative estimate of drug-likeness (QED) is 0.610. The van der Waals surface area contributed by atoms with Crippen LogP contribution in [0.15, 0.2) is 42.5 Å². The molecule has 0 heterocycles. The summed E-state index contributed by atoms with van der Waals surface area (Å²) in [6.45, 7) is 1.95. The van der Waals surface area contributed by atoms with Gasteiger partial charge in [-0.15, -0.1) is 0 Å². The minimum atomic E-state index is -0.980. The minimum Gasteiger partial charge on any atom is -0.507 e. The zero-order valence-electron chi connectivity index (χ0n) is 14.3. The SMILES string of the molecule is COc1ccc(CC(C)C(N)C(O)c2ccc(O)c(C(N)=O)c2)cc1. The molecule has 6 heteroatoms. The summed E-state index contributed by atoms with van der Waals surface area (Å²) >= 11 is 0. The number of primary amides is 1. The fraction of sp³-hybridized carbons (Fsp3) is 0.316. The number of carbonyl (C=O) groups excluding carboxylic acids is 1. The first-order valence-corrected chi connectivity index (χ1v) is 8.02. The maximum atomic E-state index is 11.3. The molecule has 6 nitrogen and oxygen atoms in total. The van der Waals surface area contributed by atoms with Crippen molar-refractivity contribution in [2.75, 3.05) is 7.11 Å². The summed E-state index contributed by atoms with van der Waals surface area (Å²) in [4.78, 5) is 11.3. The van der Waals surface area contributed by atoms with Gasteiger partial charge in [-0.2, -0.15) is 0 Å². The third-order valence-electron chi connectivity index (χ3n) is 4.37. The van der Waals surface area contributed by atoms with E-state index >= 15 is 0 Å². The van der Waals surface area contributed by atoms with Crippen LogP contribution in [0.25, 0.3) is 0 Å². The Morgan fingerprint density at radius 3 is 2.40 bits per heavy atom. The van der Waals surface area contributed by atoms with Crippen molar-refractivity contribution in [1.82, 2.24) is 0 Å². The highest BCUT2D eigenvalue weighted by Gasteiger charge is 2.24. The van der Waals surface area contributed by atoms with Crippen LogP contribution in [0.3, 0.4) is 0 Å². The number of aliphatic hydroxyl groups excluding tert-OH is 1. The second-order valence-corrected chi connectivity index (χ2v) is 6.19. The van der Waals surface area contributed by atoms with Crippen LogP contribution in [0, 0.1) is 5.92 Å². The molecule has 2 rings (SSSR count). The lowest BCUT2D eigenvalue weighted by atomic mass is 9.88. The van der Waals surface area contributed by atoms with E-state index in [0.717, 1.165) is 11.3 Å². The Morgan fingerprint density at radius 2 is 1.84 bits per heavy atom. The summed E-state index contributed by atoms with van der Waals surface area (Å²) in [7, 11) is 1.61. The van der Waals surface area contributed by atoms with Crippen LogP contribution in [-0.2, 0) is 6.42 Å². The number of amides is 1. The van der Waals surface area contributed by atoms with E-state index in [4.69, 9.17) is 16.2 Å². The van der Waals surface area contributed by atoms with Gasteiger partial charge in [0.25, 0.3) is 5.91 Å². The number of aromatic hydroxyl groups is 1. The lowest BCUT2D eigenvalue weighted by molar-refractivity contribution is 0.0996. The standard InChI is InChI=1S/C19H24N2O4/c1-11(9-12-3-6-14(25-2)7-4-12)17(20)18(23)13-5-8-16(22)15(10-13)19(21)24/h3-8,10-11,17-18,22-23H,9,20H2,1-2H3,(H2,21,24). The number of hydrogen-bond acceptors (Lipinski definition) is 5. The van der Waals surface area contributed by atoms with Gasteiger partial charge in [-0.25, -0.2) is 0 Å². The molecule has 0 aliphatic carbocycles. The summed E-state index contributed by atoms with van der Waals surface area (Å²) in [6, 6.07) is 11.4. The van der Waals surface area contributed by atoms with Gasteiger partial charge in [0.05, 0.1) is 18.8 Å². The maximum absolute atomic E-state index is 11.3. The van der Waals surface area contributed by atoms with E-state index in [2.05, 4.69) is 0 Å². The van der Waals surface area contributed by atoms with Gasteiger partial charge in [-0.1, -0.05) is 25.1 Å². The number of rotatable bonds is 7. The molecule has 0 aliphatic heterocycles. The van der Waals surface area contributed by atoms with Crippen molar-refractivity contribution < 1.29 is 19.7 Å². The Morgan fingerprint density at radius 1 is 1.20 bits per heavy atom. The molecule has 0 radical (unpaired) electrons. The van der Waals surface area contributed by atoms with Crippen LogP contribution in [-0.4, -0.2) is 29.3 Å². The van der Waals surface area contributed by atoms with Crippen LogP contribution in [0.4, 0.5) is 0 Å². The fourth-order valence-electron chi connectivity index (χ4n) is 2.74. The number of benzene rings is 2. The largest absolute Gasteiger partial charge is 0.507 e. The molecular formula is C19H24N2O4. The molecule has 2 aromatic carbocycles. The molecule has 134 valence electrons. The van der Waals surface area contributed by atoms with Gasteiger partial charge in [-0.05, 0) is 47.7 Å². The monoisotopic (exact) mass is 344 g/mol. The normalized spacial score (nSPS) is 14.6. The Labute approximate surface area is 147 Å². The van der Waals surface area contributed by atoms with Gasteiger partial charge in [0, 0.05) is 6.04 Å². The smallest absolute Gasteiger partial charge is 0.252 e. The van der Waals surface area contributed by atoms with Crippen LogP contribution in [0.2, 0.25) is 0 Å². The molecule has 0 aromatic heterocycles. The van der Waals surface area contributed by atoms with Crippen LogP contribution in [0.1, 0.15) is 34.5 Å². The Kier molecular flexibility index (Phi) is 6.01. The summed E-state index contributed by atoms with van der Waals surface area (Å²) in [6.07, 6.45) is -0.296. The molecule has 0 aliphatic rings. The average Bonchev–Trinajstić information content (AvgIpc) is 2.61. The van der Waals surface area contributed by atoms with Gasteiger partial charge in [-0.3, -0.25) is 4.79 Å².